The molecule has 0 fully saturated rings. The quantitative estimate of drug-likeness (QED) is 0.170. The molecule has 0 unspecified atom stereocenters. The lowest BCUT2D eigenvalue weighted by Crippen LogP contribution is -2.08. The first-order valence-electron chi connectivity index (χ1n) is 12.9. The van der Waals surface area contributed by atoms with Crippen molar-refractivity contribution in [2.45, 2.75) is 12.7 Å². The standard InChI is InChI=1S/C29H14BrCl2F3N8O2/c30-17-7-8-19-15(10-17)11-20-24(23(19)32)37-27(45-28(20)44)22-12-18(39-43(22)26-21(31)2-1-9-36-26)13-42-40-25(38-41-42)14-3-5-16(6-4-14)29(33,34)35/h1-12H,13H2. The van der Waals surface area contributed by atoms with Crippen LogP contribution < -0.4 is 5.63 Å². The van der Waals surface area contributed by atoms with Crippen LogP contribution in [0.1, 0.15) is 11.3 Å². The molecular weight excluding hydrogens is 700 g/mol. The smallest absolute Gasteiger partial charge is 0.401 e. The van der Waals surface area contributed by atoms with E-state index in [1.165, 1.54) is 27.8 Å². The fourth-order valence-corrected chi connectivity index (χ4v) is 5.59. The molecule has 0 bridgehead atoms. The molecule has 0 amide bonds. The maximum Gasteiger partial charge on any atom is 0.416 e. The minimum absolute atomic E-state index is 0.0177. The van der Waals surface area contributed by atoms with Crippen LogP contribution in [-0.2, 0) is 12.7 Å². The van der Waals surface area contributed by atoms with Crippen LogP contribution in [0.3, 0.4) is 0 Å². The van der Waals surface area contributed by atoms with Crippen molar-refractivity contribution in [3.8, 4) is 28.8 Å². The highest BCUT2D eigenvalue weighted by Gasteiger charge is 2.30. The fraction of sp³-hybridized carbons (Fsp3) is 0.0690. The Hall–Kier alpha value is -4.66. The highest BCUT2D eigenvalue weighted by molar-refractivity contribution is 9.10. The summed E-state index contributed by atoms with van der Waals surface area (Å²) in [5.74, 6) is 0.256. The predicted octanol–water partition coefficient (Wildman–Crippen LogP) is 7.38. The van der Waals surface area contributed by atoms with Crippen LogP contribution in [-0.4, -0.2) is 40.0 Å². The summed E-state index contributed by atoms with van der Waals surface area (Å²) in [6.45, 7) is -0.0177. The second-order valence-corrected chi connectivity index (χ2v) is 11.4. The first kappa shape index (κ1) is 29.1. The van der Waals surface area contributed by atoms with Crippen molar-refractivity contribution in [1.29, 1.82) is 0 Å². The van der Waals surface area contributed by atoms with Gasteiger partial charge >= 0.3 is 11.8 Å². The summed E-state index contributed by atoms with van der Waals surface area (Å²) < 4.78 is 46.7. The van der Waals surface area contributed by atoms with Gasteiger partial charge in [0.15, 0.2) is 5.82 Å². The number of tetrazole rings is 1. The number of benzene rings is 3. The van der Waals surface area contributed by atoms with E-state index in [9.17, 15) is 18.0 Å². The van der Waals surface area contributed by atoms with Crippen LogP contribution in [0.4, 0.5) is 13.2 Å². The van der Waals surface area contributed by atoms with E-state index in [-0.39, 0.29) is 50.7 Å². The van der Waals surface area contributed by atoms with Crippen LogP contribution >= 0.6 is 39.1 Å². The van der Waals surface area contributed by atoms with Crippen molar-refractivity contribution in [2.24, 2.45) is 0 Å². The molecule has 0 N–H and O–H groups in total. The van der Waals surface area contributed by atoms with Gasteiger partial charge in [0.1, 0.15) is 17.8 Å². The lowest BCUT2D eigenvalue weighted by molar-refractivity contribution is -0.137. The molecule has 0 spiro atoms. The Morgan fingerprint density at radius 3 is 2.51 bits per heavy atom. The minimum Gasteiger partial charge on any atom is -0.401 e. The lowest BCUT2D eigenvalue weighted by atomic mass is 10.1. The van der Waals surface area contributed by atoms with E-state index in [1.807, 2.05) is 18.2 Å². The number of alkyl halides is 3. The number of rotatable bonds is 5. The second kappa shape index (κ2) is 11.1. The van der Waals surface area contributed by atoms with E-state index in [0.29, 0.717) is 16.6 Å². The Morgan fingerprint density at radius 1 is 0.956 bits per heavy atom. The average Bonchev–Trinajstić information content (AvgIpc) is 3.65. The Labute approximate surface area is 268 Å². The lowest BCUT2D eigenvalue weighted by Gasteiger charge is -2.09. The van der Waals surface area contributed by atoms with Gasteiger partial charge in [-0.25, -0.2) is 19.4 Å². The normalized spacial score (nSPS) is 12.0. The van der Waals surface area contributed by atoms with Crippen molar-refractivity contribution < 1.29 is 17.6 Å². The third-order valence-electron chi connectivity index (χ3n) is 6.78. The molecular formula is C29H14BrCl2F3N8O2. The van der Waals surface area contributed by atoms with E-state index in [1.54, 1.807) is 24.3 Å². The van der Waals surface area contributed by atoms with Crippen LogP contribution in [0.5, 0.6) is 0 Å². The molecule has 0 aliphatic heterocycles. The Morgan fingerprint density at radius 2 is 1.76 bits per heavy atom. The summed E-state index contributed by atoms with van der Waals surface area (Å²) in [4.78, 5) is 23.4. The number of pyridine rings is 1. The van der Waals surface area contributed by atoms with Crippen molar-refractivity contribution >= 4 is 60.8 Å². The van der Waals surface area contributed by atoms with Gasteiger partial charge in [0, 0.05) is 21.6 Å². The number of halogens is 6. The molecule has 224 valence electrons. The van der Waals surface area contributed by atoms with Crippen molar-refractivity contribution in [2.75, 3.05) is 0 Å². The summed E-state index contributed by atoms with van der Waals surface area (Å²) >= 11 is 16.6. The number of fused-ring (bicyclic) bond motifs is 2. The number of hydrogen-bond donors (Lipinski definition) is 0. The zero-order valence-corrected chi connectivity index (χ0v) is 25.4. The molecule has 45 heavy (non-hydrogen) atoms. The van der Waals surface area contributed by atoms with Crippen LogP contribution in [0, 0.1) is 0 Å². The first-order chi connectivity index (χ1) is 21.5. The van der Waals surface area contributed by atoms with Gasteiger partial charge in [-0.05, 0) is 59.1 Å². The number of aromatic nitrogens is 8. The minimum atomic E-state index is -4.47. The van der Waals surface area contributed by atoms with Gasteiger partial charge in [-0.2, -0.15) is 23.1 Å². The van der Waals surface area contributed by atoms with Gasteiger partial charge in [-0.3, -0.25) is 0 Å². The Kier molecular flexibility index (Phi) is 7.14. The molecule has 0 radical (unpaired) electrons. The average molecular weight is 714 g/mol. The number of hydrogen-bond acceptors (Lipinski definition) is 8. The zero-order valence-electron chi connectivity index (χ0n) is 22.3. The van der Waals surface area contributed by atoms with E-state index < -0.39 is 17.4 Å². The largest absolute Gasteiger partial charge is 0.416 e. The van der Waals surface area contributed by atoms with E-state index in [2.05, 4.69) is 46.4 Å². The molecule has 0 aliphatic rings. The van der Waals surface area contributed by atoms with Crippen LogP contribution in [0.15, 0.2) is 86.6 Å². The molecule has 4 aromatic heterocycles. The molecule has 0 aliphatic carbocycles. The first-order valence-corrected chi connectivity index (χ1v) is 14.5. The summed E-state index contributed by atoms with van der Waals surface area (Å²) in [6, 6.07) is 16.4. The predicted molar refractivity (Wildman–Crippen MR) is 163 cm³/mol. The molecule has 10 nitrogen and oxygen atoms in total. The maximum absolute atomic E-state index is 13.2. The van der Waals surface area contributed by atoms with Crippen LogP contribution in [0.2, 0.25) is 10.0 Å². The third kappa shape index (κ3) is 5.45. The van der Waals surface area contributed by atoms with Crippen molar-refractivity contribution in [3.05, 3.63) is 109 Å². The van der Waals surface area contributed by atoms with E-state index in [0.717, 1.165) is 22.0 Å². The van der Waals surface area contributed by atoms with Crippen molar-refractivity contribution in [3.63, 3.8) is 0 Å². The topological polar surface area (TPSA) is 117 Å². The van der Waals surface area contributed by atoms with Gasteiger partial charge in [-0.1, -0.05) is 57.3 Å². The SMILES string of the molecule is O=c1oc(-c2cc(Cn3nnc(-c4ccc(C(F)(F)F)cc4)n3)nn2-c2ncccc2Cl)nc2c(Cl)c3ccc(Br)cc3cc12. The molecule has 4 heterocycles. The van der Waals surface area contributed by atoms with Gasteiger partial charge in [0.05, 0.1) is 26.7 Å². The van der Waals surface area contributed by atoms with Gasteiger partial charge in [0.2, 0.25) is 11.7 Å². The fourth-order valence-electron chi connectivity index (χ4n) is 4.70. The molecule has 0 saturated heterocycles. The molecule has 0 atom stereocenters. The highest BCUT2D eigenvalue weighted by Crippen LogP contribution is 2.34. The second-order valence-electron chi connectivity index (χ2n) is 9.72. The van der Waals surface area contributed by atoms with Gasteiger partial charge in [0.25, 0.3) is 0 Å². The summed E-state index contributed by atoms with van der Waals surface area (Å²) in [7, 11) is 0. The maximum atomic E-state index is 13.2. The highest BCUT2D eigenvalue weighted by atomic mass is 79.9. The molecule has 16 heteroatoms. The van der Waals surface area contributed by atoms with Gasteiger partial charge < -0.3 is 4.42 Å². The monoisotopic (exact) mass is 712 g/mol. The number of nitrogens with zero attached hydrogens (tertiary/aromatic N) is 8. The van der Waals surface area contributed by atoms with E-state index >= 15 is 0 Å². The molecule has 7 aromatic rings. The zero-order chi connectivity index (χ0) is 31.5. The van der Waals surface area contributed by atoms with E-state index in [4.69, 9.17) is 27.6 Å². The summed E-state index contributed by atoms with van der Waals surface area (Å²) in [6.07, 6.45) is -2.95. The van der Waals surface area contributed by atoms with Gasteiger partial charge in [-0.15, -0.1) is 10.2 Å². The third-order valence-corrected chi connectivity index (χ3v) is 7.95. The summed E-state index contributed by atoms with van der Waals surface area (Å²) in [5.41, 5.74) is -0.264. The molecule has 7 rings (SSSR count). The van der Waals surface area contributed by atoms with Crippen molar-refractivity contribution in [1.82, 2.24) is 40.0 Å². The Bertz CT molecular complexity index is 2320. The molecule has 0 saturated carbocycles. The van der Waals surface area contributed by atoms with Crippen LogP contribution in [0.25, 0.3) is 50.5 Å². The Balaban J connectivity index is 1.31. The summed E-state index contributed by atoms with van der Waals surface area (Å²) in [5, 5.41) is 19.0. The molecule has 3 aromatic carbocycles.